The van der Waals surface area contributed by atoms with Crippen LogP contribution in [0.2, 0.25) is 10.0 Å². The molecule has 2 aromatic carbocycles. The molecule has 3 rings (SSSR count). The quantitative estimate of drug-likeness (QED) is 0.514. The van der Waals surface area contributed by atoms with Crippen molar-refractivity contribution < 1.29 is 22.4 Å². The first-order chi connectivity index (χ1) is 14.2. The first-order valence-corrected chi connectivity index (χ1v) is 9.29. The molecule has 0 aliphatic heterocycles. The maximum atomic E-state index is 13.3. The number of carbonyl (C=O) groups is 1. The van der Waals surface area contributed by atoms with Crippen molar-refractivity contribution >= 4 is 29.1 Å². The van der Waals surface area contributed by atoms with Gasteiger partial charge in [-0.3, -0.25) is 4.79 Å². The molecule has 1 amide bonds. The van der Waals surface area contributed by atoms with Gasteiger partial charge in [0.15, 0.2) is 0 Å². The second kappa shape index (κ2) is 8.97. The molecule has 0 aliphatic rings. The minimum atomic E-state index is -4.68. The van der Waals surface area contributed by atoms with Crippen LogP contribution in [0.4, 0.5) is 17.6 Å². The van der Waals surface area contributed by atoms with Gasteiger partial charge in [0.1, 0.15) is 5.82 Å². The number of alkyl halides is 3. The maximum absolute atomic E-state index is 13.3. The molecule has 10 heteroatoms. The highest BCUT2D eigenvalue weighted by atomic mass is 35.5. The summed E-state index contributed by atoms with van der Waals surface area (Å²) in [6.07, 6.45) is -2.62. The molecule has 156 valence electrons. The van der Waals surface area contributed by atoms with Crippen molar-refractivity contribution in [2.24, 2.45) is 0 Å². The third kappa shape index (κ3) is 5.06. The Morgan fingerprint density at radius 3 is 2.23 bits per heavy atom. The van der Waals surface area contributed by atoms with Crippen molar-refractivity contribution in [3.8, 4) is 0 Å². The van der Waals surface area contributed by atoms with Crippen molar-refractivity contribution in [1.82, 2.24) is 15.3 Å². The van der Waals surface area contributed by atoms with Crippen LogP contribution in [0.3, 0.4) is 0 Å². The van der Waals surface area contributed by atoms with E-state index >= 15 is 0 Å². The Hall–Kier alpha value is -2.71. The predicted molar refractivity (Wildman–Crippen MR) is 104 cm³/mol. The molecule has 1 heterocycles. The molecule has 0 radical (unpaired) electrons. The van der Waals surface area contributed by atoms with Crippen molar-refractivity contribution in [3.63, 3.8) is 0 Å². The Balaban J connectivity index is 1.87. The van der Waals surface area contributed by atoms with E-state index in [1.54, 1.807) is 6.07 Å². The highest BCUT2D eigenvalue weighted by Gasteiger charge is 2.34. The van der Waals surface area contributed by atoms with Gasteiger partial charge in [-0.25, -0.2) is 14.4 Å². The van der Waals surface area contributed by atoms with Crippen LogP contribution in [-0.4, -0.2) is 22.4 Å². The number of benzene rings is 2. The van der Waals surface area contributed by atoms with E-state index in [-0.39, 0.29) is 22.2 Å². The highest BCUT2D eigenvalue weighted by Crippen LogP contribution is 2.29. The van der Waals surface area contributed by atoms with Gasteiger partial charge < -0.3 is 5.32 Å². The molecule has 1 N–H and O–H groups in total. The van der Waals surface area contributed by atoms with Crippen LogP contribution in [0.1, 0.15) is 33.2 Å². The van der Waals surface area contributed by atoms with Gasteiger partial charge in [0.05, 0.1) is 15.6 Å². The summed E-state index contributed by atoms with van der Waals surface area (Å²) in [6, 6.07) is 9.93. The third-order valence-electron chi connectivity index (χ3n) is 4.26. The smallest absolute Gasteiger partial charge is 0.351 e. The molecule has 0 bridgehead atoms. The normalized spacial score (nSPS) is 12.5. The SMILES string of the molecule is O=C(NCC(c1ccc(F)cc1)c1cnc(C(F)(F)F)nc1)c1cccc(Cl)c1Cl. The number of rotatable bonds is 5. The van der Waals surface area contributed by atoms with Gasteiger partial charge in [-0.2, -0.15) is 13.2 Å². The summed E-state index contributed by atoms with van der Waals surface area (Å²) >= 11 is 12.0. The topological polar surface area (TPSA) is 54.9 Å². The molecule has 0 saturated heterocycles. The van der Waals surface area contributed by atoms with E-state index in [0.717, 1.165) is 12.4 Å². The number of halogens is 6. The van der Waals surface area contributed by atoms with E-state index < -0.39 is 29.6 Å². The zero-order chi connectivity index (χ0) is 21.9. The van der Waals surface area contributed by atoms with Gasteiger partial charge in [0.2, 0.25) is 5.82 Å². The van der Waals surface area contributed by atoms with Gasteiger partial charge in [-0.05, 0) is 35.4 Å². The molecule has 30 heavy (non-hydrogen) atoms. The Morgan fingerprint density at radius 1 is 1.00 bits per heavy atom. The number of hydrogen-bond donors (Lipinski definition) is 1. The number of hydrogen-bond acceptors (Lipinski definition) is 3. The van der Waals surface area contributed by atoms with Crippen molar-refractivity contribution in [2.45, 2.75) is 12.1 Å². The fraction of sp³-hybridized carbons (Fsp3) is 0.150. The van der Waals surface area contributed by atoms with Gasteiger partial charge in [0, 0.05) is 24.9 Å². The first-order valence-electron chi connectivity index (χ1n) is 8.53. The summed E-state index contributed by atoms with van der Waals surface area (Å²) in [4.78, 5) is 19.3. The van der Waals surface area contributed by atoms with Gasteiger partial charge in [-0.15, -0.1) is 0 Å². The zero-order valence-electron chi connectivity index (χ0n) is 15.1. The first kappa shape index (κ1) is 22.0. The molecule has 0 spiro atoms. The lowest BCUT2D eigenvalue weighted by atomic mass is 9.93. The van der Waals surface area contributed by atoms with Crippen molar-refractivity contribution in [2.75, 3.05) is 6.54 Å². The standard InChI is InChI=1S/C20H13Cl2F4N3O/c21-16-3-1-2-14(17(16)22)18(30)27-10-15(11-4-6-13(23)7-5-11)12-8-28-19(29-9-12)20(24,25)26/h1-9,15H,10H2,(H,27,30). The summed E-state index contributed by atoms with van der Waals surface area (Å²) in [5, 5.41) is 2.95. The zero-order valence-corrected chi connectivity index (χ0v) is 16.6. The van der Waals surface area contributed by atoms with Crippen molar-refractivity contribution in [3.05, 3.63) is 93.2 Å². The van der Waals surface area contributed by atoms with Crippen LogP contribution in [-0.2, 0) is 6.18 Å². The number of nitrogens with one attached hydrogen (secondary N) is 1. The summed E-state index contributed by atoms with van der Waals surface area (Å²) in [6.45, 7) is -0.0258. The maximum Gasteiger partial charge on any atom is 0.451 e. The molecule has 0 aliphatic carbocycles. The number of nitrogens with zero attached hydrogens (tertiary/aromatic N) is 2. The average molecular weight is 458 g/mol. The molecule has 1 unspecified atom stereocenters. The third-order valence-corrected chi connectivity index (χ3v) is 5.08. The minimum absolute atomic E-state index is 0.0258. The van der Waals surface area contributed by atoms with Crippen LogP contribution in [0, 0.1) is 5.82 Å². The van der Waals surface area contributed by atoms with Gasteiger partial charge >= 0.3 is 6.18 Å². The van der Waals surface area contributed by atoms with E-state index in [9.17, 15) is 22.4 Å². The molecular weight excluding hydrogens is 445 g/mol. The molecule has 0 saturated carbocycles. The van der Waals surface area contributed by atoms with E-state index in [2.05, 4.69) is 15.3 Å². The van der Waals surface area contributed by atoms with Crippen LogP contribution >= 0.6 is 23.2 Å². The Bertz CT molecular complexity index is 1040. The summed E-state index contributed by atoms with van der Waals surface area (Å²) < 4.78 is 51.6. The van der Waals surface area contributed by atoms with E-state index in [4.69, 9.17) is 23.2 Å². The van der Waals surface area contributed by atoms with E-state index in [1.807, 2.05) is 0 Å². The molecule has 1 aromatic heterocycles. The van der Waals surface area contributed by atoms with Crippen LogP contribution in [0.25, 0.3) is 0 Å². The molecular formula is C20H13Cl2F4N3O. The summed E-state index contributed by atoms with van der Waals surface area (Å²) in [5.41, 5.74) is 1.01. The Labute approximate surface area is 178 Å². The number of aromatic nitrogens is 2. The minimum Gasteiger partial charge on any atom is -0.351 e. The van der Waals surface area contributed by atoms with Gasteiger partial charge in [0.25, 0.3) is 5.91 Å². The van der Waals surface area contributed by atoms with E-state index in [1.165, 1.54) is 36.4 Å². The lowest BCUT2D eigenvalue weighted by Crippen LogP contribution is -2.29. The van der Waals surface area contributed by atoms with Crippen molar-refractivity contribution in [1.29, 1.82) is 0 Å². The number of carbonyl (C=O) groups excluding carboxylic acids is 1. The second-order valence-electron chi connectivity index (χ2n) is 6.25. The number of amides is 1. The largest absolute Gasteiger partial charge is 0.451 e. The van der Waals surface area contributed by atoms with Crippen LogP contribution in [0.5, 0.6) is 0 Å². The second-order valence-corrected chi connectivity index (χ2v) is 7.04. The van der Waals surface area contributed by atoms with Crippen LogP contribution in [0.15, 0.2) is 54.9 Å². The fourth-order valence-electron chi connectivity index (χ4n) is 2.76. The van der Waals surface area contributed by atoms with Crippen LogP contribution < -0.4 is 5.32 Å². The van der Waals surface area contributed by atoms with Gasteiger partial charge in [-0.1, -0.05) is 41.4 Å². The monoisotopic (exact) mass is 457 g/mol. The summed E-state index contributed by atoms with van der Waals surface area (Å²) in [5.74, 6) is -2.91. The summed E-state index contributed by atoms with van der Waals surface area (Å²) in [7, 11) is 0. The Morgan fingerprint density at radius 2 is 1.63 bits per heavy atom. The average Bonchev–Trinajstić information content (AvgIpc) is 2.71. The lowest BCUT2D eigenvalue weighted by molar-refractivity contribution is -0.145. The molecule has 4 nitrogen and oxygen atoms in total. The molecule has 0 fully saturated rings. The molecule has 3 aromatic rings. The predicted octanol–water partition coefficient (Wildman–Crippen LogP) is 5.50. The highest BCUT2D eigenvalue weighted by molar-refractivity contribution is 6.43. The molecule has 1 atom stereocenters. The lowest BCUT2D eigenvalue weighted by Gasteiger charge is -2.19. The Kier molecular flexibility index (Phi) is 6.58. The fourth-order valence-corrected chi connectivity index (χ4v) is 3.14. The van der Waals surface area contributed by atoms with E-state index in [0.29, 0.717) is 11.1 Å².